The lowest BCUT2D eigenvalue weighted by atomic mass is 9.97. The van der Waals surface area contributed by atoms with E-state index in [1.165, 1.54) is 13.0 Å². The lowest BCUT2D eigenvalue weighted by molar-refractivity contribution is -0.123. The summed E-state index contributed by atoms with van der Waals surface area (Å²) in [6.45, 7) is 5.68. The van der Waals surface area contributed by atoms with Crippen molar-refractivity contribution >= 4 is 28.5 Å². The van der Waals surface area contributed by atoms with Crippen LogP contribution in [0.5, 0.6) is 0 Å². The van der Waals surface area contributed by atoms with Crippen LogP contribution < -0.4 is 10.9 Å². The minimum atomic E-state index is -1.02. The predicted octanol–water partition coefficient (Wildman–Crippen LogP) is 4.23. The highest BCUT2D eigenvalue weighted by Crippen LogP contribution is 2.26. The summed E-state index contributed by atoms with van der Waals surface area (Å²) in [5.41, 5.74) is 1.99. The van der Waals surface area contributed by atoms with Crippen molar-refractivity contribution in [1.82, 2.24) is 4.98 Å². The maximum absolute atomic E-state index is 12.6. The number of ether oxygens (including phenoxy) is 1. The number of aromatic amines is 1. The number of carbonyl (C=O) groups is 2. The third kappa shape index (κ3) is 4.54. The monoisotopic (exact) mass is 392 g/mol. The second-order valence-corrected chi connectivity index (χ2v) is 7.03. The normalized spacial score (nSPS) is 12.9. The molecule has 150 valence electrons. The van der Waals surface area contributed by atoms with Crippen LogP contribution in [0.4, 0.5) is 5.69 Å². The van der Waals surface area contributed by atoms with E-state index in [2.05, 4.69) is 24.1 Å². The number of aromatic nitrogens is 1. The molecule has 0 fully saturated rings. The molecule has 0 aliphatic carbocycles. The van der Waals surface area contributed by atoms with E-state index in [4.69, 9.17) is 4.74 Å². The number of hydrogen-bond acceptors (Lipinski definition) is 4. The fourth-order valence-corrected chi connectivity index (χ4v) is 3.15. The zero-order valence-electron chi connectivity index (χ0n) is 16.7. The highest BCUT2D eigenvalue weighted by molar-refractivity contribution is 6.04. The third-order valence-electron chi connectivity index (χ3n) is 4.99. The first kappa shape index (κ1) is 20.3. The molecular formula is C23H24N2O4. The summed E-state index contributed by atoms with van der Waals surface area (Å²) in [7, 11) is 0. The molecular weight excluding hydrogens is 368 g/mol. The number of carbonyl (C=O) groups excluding carboxylic acids is 2. The van der Waals surface area contributed by atoms with Gasteiger partial charge >= 0.3 is 5.97 Å². The van der Waals surface area contributed by atoms with E-state index in [-0.39, 0.29) is 11.5 Å². The van der Waals surface area contributed by atoms with Gasteiger partial charge in [0.15, 0.2) is 6.10 Å². The lowest BCUT2D eigenvalue weighted by Crippen LogP contribution is -2.30. The molecule has 2 atom stereocenters. The van der Waals surface area contributed by atoms with Crippen molar-refractivity contribution < 1.29 is 14.3 Å². The number of benzene rings is 2. The molecule has 6 heteroatoms. The molecule has 2 N–H and O–H groups in total. The summed E-state index contributed by atoms with van der Waals surface area (Å²) < 4.78 is 5.36. The largest absolute Gasteiger partial charge is 0.449 e. The SMILES string of the molecule is CC[C@H](C)c1ccccc1NC(=O)[C@H](C)OC(=O)c1cc(=O)[nH]c2ccccc12. The molecule has 3 rings (SSSR count). The van der Waals surface area contributed by atoms with Gasteiger partial charge in [0.05, 0.1) is 5.56 Å². The Morgan fingerprint density at radius 3 is 2.52 bits per heavy atom. The number of rotatable bonds is 6. The Hall–Kier alpha value is -3.41. The third-order valence-corrected chi connectivity index (χ3v) is 4.99. The van der Waals surface area contributed by atoms with E-state index in [0.29, 0.717) is 16.6 Å². The summed E-state index contributed by atoms with van der Waals surface area (Å²) in [6.07, 6.45) is -0.0851. The van der Waals surface area contributed by atoms with Crippen LogP contribution in [0.1, 0.15) is 49.0 Å². The van der Waals surface area contributed by atoms with Crippen molar-refractivity contribution in [2.24, 2.45) is 0 Å². The van der Waals surface area contributed by atoms with Crippen LogP contribution in [0.3, 0.4) is 0 Å². The molecule has 0 bridgehead atoms. The number of hydrogen-bond donors (Lipinski definition) is 2. The van der Waals surface area contributed by atoms with Crippen LogP contribution in [0.2, 0.25) is 0 Å². The van der Waals surface area contributed by atoms with E-state index >= 15 is 0 Å². The molecule has 0 aliphatic heterocycles. The fourth-order valence-electron chi connectivity index (χ4n) is 3.15. The topological polar surface area (TPSA) is 88.3 Å². The maximum Gasteiger partial charge on any atom is 0.339 e. The molecule has 6 nitrogen and oxygen atoms in total. The zero-order valence-corrected chi connectivity index (χ0v) is 16.7. The number of amides is 1. The van der Waals surface area contributed by atoms with E-state index in [1.807, 2.05) is 24.3 Å². The molecule has 0 spiro atoms. The van der Waals surface area contributed by atoms with Gasteiger partial charge in [0.1, 0.15) is 0 Å². The first-order chi connectivity index (χ1) is 13.9. The van der Waals surface area contributed by atoms with Crippen LogP contribution in [-0.4, -0.2) is 23.0 Å². The number of nitrogens with one attached hydrogen (secondary N) is 2. The van der Waals surface area contributed by atoms with Gasteiger partial charge in [-0.2, -0.15) is 0 Å². The van der Waals surface area contributed by atoms with Crippen molar-refractivity contribution in [2.45, 2.75) is 39.2 Å². The van der Waals surface area contributed by atoms with Crippen LogP contribution in [-0.2, 0) is 9.53 Å². The van der Waals surface area contributed by atoms with E-state index < -0.39 is 23.5 Å². The molecule has 1 aromatic heterocycles. The van der Waals surface area contributed by atoms with Gasteiger partial charge in [-0.3, -0.25) is 9.59 Å². The van der Waals surface area contributed by atoms with Crippen LogP contribution in [0.25, 0.3) is 10.9 Å². The quantitative estimate of drug-likeness (QED) is 0.615. The van der Waals surface area contributed by atoms with Crippen molar-refractivity contribution in [3.05, 3.63) is 76.1 Å². The first-order valence-corrected chi connectivity index (χ1v) is 9.63. The van der Waals surface area contributed by atoms with Gasteiger partial charge in [-0.05, 0) is 37.0 Å². The van der Waals surface area contributed by atoms with E-state index in [0.717, 1.165) is 12.0 Å². The van der Waals surface area contributed by atoms with Crippen molar-refractivity contribution in [2.75, 3.05) is 5.32 Å². The Labute approximate surface area is 168 Å². The highest BCUT2D eigenvalue weighted by Gasteiger charge is 2.22. The number of para-hydroxylation sites is 2. The minimum Gasteiger partial charge on any atom is -0.449 e. The molecule has 1 amide bonds. The van der Waals surface area contributed by atoms with Crippen LogP contribution in [0.15, 0.2) is 59.4 Å². The smallest absolute Gasteiger partial charge is 0.339 e. The number of pyridine rings is 1. The Bertz CT molecular complexity index is 1100. The number of fused-ring (bicyclic) bond motifs is 1. The molecule has 1 heterocycles. The summed E-state index contributed by atoms with van der Waals surface area (Å²) in [5.74, 6) is -0.861. The predicted molar refractivity (Wildman–Crippen MR) is 113 cm³/mol. The number of anilines is 1. The van der Waals surface area contributed by atoms with Crippen molar-refractivity contribution in [1.29, 1.82) is 0 Å². The molecule has 0 saturated carbocycles. The van der Waals surface area contributed by atoms with Gasteiger partial charge in [-0.15, -0.1) is 0 Å². The molecule has 0 unspecified atom stereocenters. The Kier molecular flexibility index (Phi) is 6.12. The van der Waals surface area contributed by atoms with Gasteiger partial charge in [-0.1, -0.05) is 50.2 Å². The molecule has 3 aromatic rings. The van der Waals surface area contributed by atoms with Crippen molar-refractivity contribution in [3.63, 3.8) is 0 Å². The lowest BCUT2D eigenvalue weighted by Gasteiger charge is -2.18. The Balaban J connectivity index is 1.78. The molecule has 29 heavy (non-hydrogen) atoms. The summed E-state index contributed by atoms with van der Waals surface area (Å²) in [6, 6.07) is 15.7. The van der Waals surface area contributed by atoms with Gasteiger partial charge in [-0.25, -0.2) is 4.79 Å². The number of H-pyrrole nitrogens is 1. The molecule has 0 radical (unpaired) electrons. The standard InChI is InChI=1S/C23H24N2O4/c1-4-14(2)16-9-5-7-11-19(16)25-22(27)15(3)29-23(28)18-13-21(26)24-20-12-8-6-10-17(18)20/h5-15H,4H2,1-3H3,(H,24,26)(H,25,27)/t14-,15-/m0/s1. The fraction of sp³-hybridized carbons (Fsp3) is 0.261. The molecule has 0 aliphatic rings. The first-order valence-electron chi connectivity index (χ1n) is 9.63. The highest BCUT2D eigenvalue weighted by atomic mass is 16.5. The van der Waals surface area contributed by atoms with E-state index in [9.17, 15) is 14.4 Å². The number of esters is 1. The summed E-state index contributed by atoms with van der Waals surface area (Å²) >= 11 is 0. The minimum absolute atomic E-state index is 0.129. The van der Waals surface area contributed by atoms with E-state index in [1.54, 1.807) is 24.3 Å². The van der Waals surface area contributed by atoms with Gasteiger partial charge in [0.2, 0.25) is 5.56 Å². The van der Waals surface area contributed by atoms with Crippen LogP contribution >= 0.6 is 0 Å². The Morgan fingerprint density at radius 1 is 1.07 bits per heavy atom. The average Bonchev–Trinajstić information content (AvgIpc) is 2.72. The summed E-state index contributed by atoms with van der Waals surface area (Å²) in [5, 5.41) is 3.41. The summed E-state index contributed by atoms with van der Waals surface area (Å²) in [4.78, 5) is 39.8. The average molecular weight is 392 g/mol. The second kappa shape index (κ2) is 8.73. The molecule has 2 aromatic carbocycles. The van der Waals surface area contributed by atoms with Crippen LogP contribution in [0, 0.1) is 0 Å². The van der Waals surface area contributed by atoms with Gasteiger partial charge in [0, 0.05) is 22.7 Å². The zero-order chi connectivity index (χ0) is 21.0. The second-order valence-electron chi connectivity index (χ2n) is 7.03. The molecule has 0 saturated heterocycles. The van der Waals surface area contributed by atoms with Gasteiger partial charge in [0.25, 0.3) is 5.91 Å². The van der Waals surface area contributed by atoms with Crippen molar-refractivity contribution in [3.8, 4) is 0 Å². The Morgan fingerprint density at radius 2 is 1.76 bits per heavy atom. The van der Waals surface area contributed by atoms with Gasteiger partial charge < -0.3 is 15.0 Å². The maximum atomic E-state index is 12.6.